The molecule has 1 saturated heterocycles. The van der Waals surface area contributed by atoms with E-state index in [-0.39, 0.29) is 18.6 Å². The van der Waals surface area contributed by atoms with Gasteiger partial charge in [0.25, 0.3) is 0 Å². The molecule has 6 nitrogen and oxygen atoms in total. The van der Waals surface area contributed by atoms with Gasteiger partial charge in [-0.25, -0.2) is 9.78 Å². The van der Waals surface area contributed by atoms with Crippen molar-refractivity contribution < 1.29 is 14.6 Å². The molecular formula is C13H21N3O3. The number of likely N-dealkylation sites (tertiary alicyclic amines) is 1. The molecule has 2 atom stereocenters. The summed E-state index contributed by atoms with van der Waals surface area (Å²) in [5, 5.41) is 10.1. The quantitative estimate of drug-likeness (QED) is 0.828. The molecule has 2 rings (SSSR count). The molecule has 0 radical (unpaired) electrons. The zero-order chi connectivity index (χ0) is 14.2. The van der Waals surface area contributed by atoms with Crippen molar-refractivity contribution in [2.24, 2.45) is 7.05 Å². The van der Waals surface area contributed by atoms with Gasteiger partial charge in [-0.2, -0.15) is 0 Å². The van der Waals surface area contributed by atoms with Gasteiger partial charge in [-0.1, -0.05) is 0 Å². The van der Waals surface area contributed by atoms with Gasteiger partial charge in [0.05, 0.1) is 18.6 Å². The molecular weight excluding hydrogens is 246 g/mol. The Morgan fingerprint density at radius 1 is 1.47 bits per heavy atom. The number of hydrogen-bond donors (Lipinski definition) is 1. The van der Waals surface area contributed by atoms with Crippen LogP contribution in [0.15, 0.2) is 12.4 Å². The minimum atomic E-state index is -0.603. The Kier molecular flexibility index (Phi) is 3.54. The highest BCUT2D eigenvalue weighted by Crippen LogP contribution is 2.27. The summed E-state index contributed by atoms with van der Waals surface area (Å²) < 4.78 is 7.18. The molecule has 1 aliphatic rings. The molecule has 1 aromatic heterocycles. The van der Waals surface area contributed by atoms with Crippen LogP contribution < -0.4 is 0 Å². The maximum atomic E-state index is 12.0. The number of aliphatic hydroxyl groups excluding tert-OH is 1. The smallest absolute Gasteiger partial charge is 0.410 e. The lowest BCUT2D eigenvalue weighted by molar-refractivity contribution is 0.0270. The number of ether oxygens (including phenoxy) is 1. The molecule has 1 aliphatic heterocycles. The first-order chi connectivity index (χ1) is 8.78. The zero-order valence-corrected chi connectivity index (χ0v) is 11.8. The Morgan fingerprint density at radius 2 is 2.16 bits per heavy atom. The van der Waals surface area contributed by atoms with Crippen molar-refractivity contribution in [2.45, 2.75) is 38.4 Å². The minimum absolute atomic E-state index is 0.160. The normalized spacial score (nSPS) is 23.7. The van der Waals surface area contributed by atoms with Crippen LogP contribution in [0.4, 0.5) is 4.79 Å². The number of imidazole rings is 1. The van der Waals surface area contributed by atoms with Crippen LogP contribution >= 0.6 is 0 Å². The summed E-state index contributed by atoms with van der Waals surface area (Å²) in [4.78, 5) is 17.7. The molecule has 0 spiro atoms. The van der Waals surface area contributed by atoms with Crippen molar-refractivity contribution in [3.63, 3.8) is 0 Å². The number of aromatic nitrogens is 2. The predicted molar refractivity (Wildman–Crippen MR) is 69.8 cm³/mol. The second-order valence-corrected chi connectivity index (χ2v) is 5.96. The maximum absolute atomic E-state index is 12.0. The fraction of sp³-hybridized carbons (Fsp3) is 0.692. The number of nitrogens with zero attached hydrogens (tertiary/aromatic N) is 3. The van der Waals surface area contributed by atoms with Gasteiger partial charge in [-0.05, 0) is 20.8 Å². The molecule has 1 fully saturated rings. The van der Waals surface area contributed by atoms with E-state index < -0.39 is 11.7 Å². The summed E-state index contributed by atoms with van der Waals surface area (Å²) >= 11 is 0. The van der Waals surface area contributed by atoms with E-state index in [0.717, 1.165) is 5.82 Å². The third-order valence-electron chi connectivity index (χ3n) is 3.13. The maximum Gasteiger partial charge on any atom is 0.410 e. The molecule has 2 unspecified atom stereocenters. The third-order valence-corrected chi connectivity index (χ3v) is 3.13. The van der Waals surface area contributed by atoms with Crippen LogP contribution in [-0.2, 0) is 11.8 Å². The van der Waals surface area contributed by atoms with Gasteiger partial charge in [0.1, 0.15) is 11.4 Å². The highest BCUT2D eigenvalue weighted by atomic mass is 16.6. The Morgan fingerprint density at radius 3 is 2.68 bits per heavy atom. The van der Waals surface area contributed by atoms with Crippen molar-refractivity contribution in [3.05, 3.63) is 18.2 Å². The van der Waals surface area contributed by atoms with E-state index in [1.54, 1.807) is 6.20 Å². The predicted octanol–water partition coefficient (Wildman–Crippen LogP) is 1.12. The number of carbonyl (C=O) groups is 1. The summed E-state index contributed by atoms with van der Waals surface area (Å²) in [7, 11) is 1.88. The Bertz CT molecular complexity index is 464. The average Bonchev–Trinajstić information content (AvgIpc) is 2.82. The lowest BCUT2D eigenvalue weighted by Crippen LogP contribution is -2.35. The molecule has 1 N–H and O–H groups in total. The molecule has 1 aromatic rings. The fourth-order valence-electron chi connectivity index (χ4n) is 2.25. The summed E-state index contributed by atoms with van der Waals surface area (Å²) in [6.45, 7) is 6.20. The van der Waals surface area contributed by atoms with E-state index >= 15 is 0 Å². The lowest BCUT2D eigenvalue weighted by atomic mass is 10.1. The highest BCUT2D eigenvalue weighted by Gasteiger charge is 2.38. The standard InChI is InChI=1S/C13H21N3O3/c1-13(2,3)19-12(18)16-7-9(10(17)8-16)11-14-5-6-15(11)4/h5-6,9-10,17H,7-8H2,1-4H3. The van der Waals surface area contributed by atoms with Gasteiger partial charge < -0.3 is 19.3 Å². The van der Waals surface area contributed by atoms with E-state index in [2.05, 4.69) is 4.98 Å². The van der Waals surface area contributed by atoms with Crippen molar-refractivity contribution in [2.75, 3.05) is 13.1 Å². The number of amides is 1. The zero-order valence-electron chi connectivity index (χ0n) is 11.8. The molecule has 1 amide bonds. The molecule has 0 bridgehead atoms. The fourth-order valence-corrected chi connectivity index (χ4v) is 2.25. The molecule has 106 valence electrons. The minimum Gasteiger partial charge on any atom is -0.444 e. The summed E-state index contributed by atoms with van der Waals surface area (Å²) in [6.07, 6.45) is 2.54. The molecule has 0 aromatic carbocycles. The summed E-state index contributed by atoms with van der Waals surface area (Å²) in [5.41, 5.74) is -0.524. The number of β-amino-alcohol motifs (C(OH)–C–C–N with tert-alkyl or cyclic N) is 1. The van der Waals surface area contributed by atoms with Crippen LogP contribution in [0.1, 0.15) is 32.5 Å². The SMILES string of the molecule is Cn1ccnc1C1CN(C(=O)OC(C)(C)C)CC1O. The number of rotatable bonds is 1. The Balaban J connectivity index is 2.06. The second kappa shape index (κ2) is 4.85. The first kappa shape index (κ1) is 13.9. The van der Waals surface area contributed by atoms with Crippen molar-refractivity contribution in [1.29, 1.82) is 0 Å². The topological polar surface area (TPSA) is 67.6 Å². The van der Waals surface area contributed by atoms with Crippen LogP contribution in [-0.4, -0.2) is 50.4 Å². The van der Waals surface area contributed by atoms with Crippen molar-refractivity contribution >= 4 is 6.09 Å². The van der Waals surface area contributed by atoms with Crippen molar-refractivity contribution in [1.82, 2.24) is 14.5 Å². The van der Waals surface area contributed by atoms with Crippen molar-refractivity contribution in [3.8, 4) is 0 Å². The third kappa shape index (κ3) is 3.07. The number of aliphatic hydroxyl groups is 1. The Labute approximate surface area is 113 Å². The molecule has 19 heavy (non-hydrogen) atoms. The number of carbonyl (C=O) groups excluding carboxylic acids is 1. The van der Waals surface area contributed by atoms with Crippen LogP contribution in [0.3, 0.4) is 0 Å². The van der Waals surface area contributed by atoms with Gasteiger partial charge in [0.2, 0.25) is 0 Å². The van der Waals surface area contributed by atoms with E-state index in [9.17, 15) is 9.90 Å². The van der Waals surface area contributed by atoms with Gasteiger partial charge in [0, 0.05) is 26.0 Å². The monoisotopic (exact) mass is 267 g/mol. The van der Waals surface area contributed by atoms with Crippen LogP contribution in [0.2, 0.25) is 0 Å². The van der Waals surface area contributed by atoms with Gasteiger partial charge in [0.15, 0.2) is 0 Å². The van der Waals surface area contributed by atoms with E-state index in [0.29, 0.717) is 6.54 Å². The van der Waals surface area contributed by atoms with Gasteiger partial charge in [-0.3, -0.25) is 0 Å². The summed E-state index contributed by atoms with van der Waals surface area (Å²) in [5.74, 6) is 0.631. The van der Waals surface area contributed by atoms with Crippen LogP contribution in [0.25, 0.3) is 0 Å². The Hall–Kier alpha value is -1.56. The van der Waals surface area contributed by atoms with Crippen LogP contribution in [0, 0.1) is 0 Å². The van der Waals surface area contributed by atoms with Gasteiger partial charge in [-0.15, -0.1) is 0 Å². The van der Waals surface area contributed by atoms with Gasteiger partial charge >= 0.3 is 6.09 Å². The number of hydrogen-bond acceptors (Lipinski definition) is 4. The second-order valence-electron chi connectivity index (χ2n) is 5.96. The first-order valence-corrected chi connectivity index (χ1v) is 6.41. The van der Waals surface area contributed by atoms with E-state index in [4.69, 9.17) is 4.74 Å². The molecule has 0 saturated carbocycles. The lowest BCUT2D eigenvalue weighted by Gasteiger charge is -2.24. The molecule has 2 heterocycles. The molecule has 0 aliphatic carbocycles. The summed E-state index contributed by atoms with van der Waals surface area (Å²) in [6, 6.07) is 0. The number of aryl methyl sites for hydroxylation is 1. The van der Waals surface area contributed by atoms with E-state index in [1.807, 2.05) is 38.6 Å². The van der Waals surface area contributed by atoms with E-state index in [1.165, 1.54) is 4.90 Å². The van der Waals surface area contributed by atoms with Crippen LogP contribution in [0.5, 0.6) is 0 Å². The molecule has 6 heteroatoms. The largest absolute Gasteiger partial charge is 0.444 e. The first-order valence-electron chi connectivity index (χ1n) is 6.41. The average molecular weight is 267 g/mol. The highest BCUT2D eigenvalue weighted by molar-refractivity contribution is 5.68.